The van der Waals surface area contributed by atoms with E-state index in [0.29, 0.717) is 0 Å². The van der Waals surface area contributed by atoms with Crippen LogP contribution in [0.15, 0.2) is 176 Å². The molecule has 0 aliphatic carbocycles. The molecule has 1 aromatic heterocycles. The summed E-state index contributed by atoms with van der Waals surface area (Å²) >= 11 is 1.86. The van der Waals surface area contributed by atoms with E-state index in [9.17, 15) is 0 Å². The first-order valence-corrected chi connectivity index (χ1v) is 17.3. The molecule has 0 aliphatic heterocycles. The second-order valence-corrected chi connectivity index (χ2v) is 13.6. The Balaban J connectivity index is 1.37. The van der Waals surface area contributed by atoms with E-state index in [1.165, 1.54) is 80.1 Å². The summed E-state index contributed by atoms with van der Waals surface area (Å²) in [6, 6.07) is 64.6. The topological polar surface area (TPSA) is 3.24 Å². The Morgan fingerprint density at radius 2 is 1.00 bits per heavy atom. The molecule has 48 heavy (non-hydrogen) atoms. The molecule has 1 nitrogen and oxygen atoms in total. The van der Waals surface area contributed by atoms with Crippen LogP contribution in [0.2, 0.25) is 0 Å². The van der Waals surface area contributed by atoms with Gasteiger partial charge in [0.15, 0.2) is 0 Å². The van der Waals surface area contributed by atoms with Crippen LogP contribution in [0, 0.1) is 0 Å². The van der Waals surface area contributed by atoms with E-state index in [-0.39, 0.29) is 0 Å². The number of fused-ring (bicyclic) bond motifs is 10. The Hall–Kier alpha value is -5.96. The molecule has 0 bridgehead atoms. The third-order valence-corrected chi connectivity index (χ3v) is 10.9. The van der Waals surface area contributed by atoms with Gasteiger partial charge in [-0.3, -0.25) is 0 Å². The maximum absolute atomic E-state index is 2.50. The lowest BCUT2D eigenvalue weighted by Crippen LogP contribution is -2.12. The molecule has 0 saturated carbocycles. The fourth-order valence-electron chi connectivity index (χ4n) is 7.64. The van der Waals surface area contributed by atoms with Gasteiger partial charge in [-0.15, -0.1) is 11.3 Å². The fourth-order valence-corrected chi connectivity index (χ4v) is 8.73. The fraction of sp³-hybridized carbons (Fsp3) is 0. The van der Waals surface area contributed by atoms with Crippen LogP contribution in [0.1, 0.15) is 0 Å². The maximum Gasteiger partial charge on any atom is 0.0546 e. The predicted octanol–water partition coefficient (Wildman–Crippen LogP) is 13.8. The molecular weight excluding hydrogens is 599 g/mol. The Morgan fingerprint density at radius 3 is 1.88 bits per heavy atom. The van der Waals surface area contributed by atoms with Gasteiger partial charge in [-0.25, -0.2) is 0 Å². The highest BCUT2D eigenvalue weighted by atomic mass is 32.1. The van der Waals surface area contributed by atoms with Crippen molar-refractivity contribution < 1.29 is 0 Å². The molecule has 2 heteroatoms. The molecule has 0 atom stereocenters. The number of anilines is 3. The Kier molecular flexibility index (Phi) is 6.12. The van der Waals surface area contributed by atoms with E-state index in [1.54, 1.807) is 0 Å². The van der Waals surface area contributed by atoms with E-state index in [2.05, 4.69) is 181 Å². The largest absolute Gasteiger partial charge is 0.309 e. The van der Waals surface area contributed by atoms with Crippen molar-refractivity contribution in [3.05, 3.63) is 176 Å². The van der Waals surface area contributed by atoms with Crippen LogP contribution in [0.5, 0.6) is 0 Å². The van der Waals surface area contributed by atoms with Gasteiger partial charge in [0.25, 0.3) is 0 Å². The minimum absolute atomic E-state index is 1.14. The lowest BCUT2D eigenvalue weighted by atomic mass is 9.91. The van der Waals surface area contributed by atoms with Gasteiger partial charge in [-0.05, 0) is 74.3 Å². The molecule has 9 aromatic carbocycles. The predicted molar refractivity (Wildman–Crippen MR) is 209 cm³/mol. The summed E-state index contributed by atoms with van der Waals surface area (Å²) in [5, 5.41) is 12.7. The smallest absolute Gasteiger partial charge is 0.0546 e. The first-order valence-electron chi connectivity index (χ1n) is 16.4. The Morgan fingerprint density at radius 1 is 0.354 bits per heavy atom. The molecule has 10 aromatic rings. The monoisotopic (exact) mass is 627 g/mol. The lowest BCUT2D eigenvalue weighted by molar-refractivity contribution is 1.31. The molecule has 224 valence electrons. The SMILES string of the molecule is c1ccc(-c2ccccc2N(c2ccc3sc4ccccc4c3c2)c2cc3ccccc3c3c2ccc2ccc4ccccc4c23)cc1. The first-order chi connectivity index (χ1) is 23.8. The summed E-state index contributed by atoms with van der Waals surface area (Å²) in [6.45, 7) is 0. The third kappa shape index (κ3) is 4.17. The van der Waals surface area contributed by atoms with Crippen molar-refractivity contribution >= 4 is 91.7 Å². The van der Waals surface area contributed by atoms with E-state index < -0.39 is 0 Å². The minimum atomic E-state index is 1.14. The highest BCUT2D eigenvalue weighted by molar-refractivity contribution is 7.25. The molecule has 0 saturated heterocycles. The lowest BCUT2D eigenvalue weighted by Gasteiger charge is -2.30. The quantitative estimate of drug-likeness (QED) is 0.176. The Bertz CT molecular complexity index is 2850. The number of para-hydroxylation sites is 1. The summed E-state index contributed by atoms with van der Waals surface area (Å²) in [4.78, 5) is 2.50. The molecular formula is C46H29NS. The van der Waals surface area contributed by atoms with Gasteiger partial charge < -0.3 is 4.90 Å². The van der Waals surface area contributed by atoms with Crippen LogP contribution in [0.25, 0.3) is 74.4 Å². The highest BCUT2D eigenvalue weighted by Crippen LogP contribution is 2.48. The zero-order valence-electron chi connectivity index (χ0n) is 26.1. The molecule has 1 heterocycles. The molecule has 0 radical (unpaired) electrons. The molecule has 0 N–H and O–H groups in total. The Labute approximate surface area is 282 Å². The van der Waals surface area contributed by atoms with Gasteiger partial charge in [0, 0.05) is 42.2 Å². The number of thiophene rings is 1. The molecule has 0 spiro atoms. The summed E-state index contributed by atoms with van der Waals surface area (Å²) in [5.74, 6) is 0. The van der Waals surface area contributed by atoms with Crippen LogP contribution >= 0.6 is 11.3 Å². The number of nitrogens with zero attached hydrogens (tertiary/aromatic N) is 1. The van der Waals surface area contributed by atoms with E-state index in [0.717, 1.165) is 11.4 Å². The number of rotatable bonds is 4. The maximum atomic E-state index is 2.50. The second kappa shape index (κ2) is 10.8. The third-order valence-electron chi connectivity index (χ3n) is 9.80. The van der Waals surface area contributed by atoms with E-state index >= 15 is 0 Å². The van der Waals surface area contributed by atoms with Gasteiger partial charge in [-0.2, -0.15) is 0 Å². The van der Waals surface area contributed by atoms with E-state index in [4.69, 9.17) is 0 Å². The van der Waals surface area contributed by atoms with Crippen molar-refractivity contribution in [2.75, 3.05) is 4.90 Å². The van der Waals surface area contributed by atoms with Crippen LogP contribution in [-0.2, 0) is 0 Å². The van der Waals surface area contributed by atoms with Gasteiger partial charge in [0.05, 0.1) is 11.4 Å². The van der Waals surface area contributed by atoms with Crippen LogP contribution < -0.4 is 4.90 Å². The summed E-state index contributed by atoms with van der Waals surface area (Å²) in [7, 11) is 0. The van der Waals surface area contributed by atoms with Gasteiger partial charge in [-0.1, -0.05) is 140 Å². The molecule has 0 amide bonds. The summed E-state index contributed by atoms with van der Waals surface area (Å²) in [6.07, 6.45) is 0. The van der Waals surface area contributed by atoms with Crippen LogP contribution in [-0.4, -0.2) is 0 Å². The summed E-state index contributed by atoms with van der Waals surface area (Å²) in [5.41, 5.74) is 5.85. The summed E-state index contributed by atoms with van der Waals surface area (Å²) < 4.78 is 2.62. The van der Waals surface area contributed by atoms with Gasteiger partial charge >= 0.3 is 0 Å². The average Bonchev–Trinajstić information content (AvgIpc) is 3.53. The van der Waals surface area contributed by atoms with Crippen molar-refractivity contribution in [2.45, 2.75) is 0 Å². The molecule has 10 rings (SSSR count). The van der Waals surface area contributed by atoms with Crippen LogP contribution in [0.3, 0.4) is 0 Å². The zero-order chi connectivity index (χ0) is 31.6. The van der Waals surface area contributed by atoms with Gasteiger partial charge in [0.2, 0.25) is 0 Å². The number of benzene rings is 9. The molecule has 0 unspecified atom stereocenters. The van der Waals surface area contributed by atoms with Gasteiger partial charge in [0.1, 0.15) is 0 Å². The normalized spacial score (nSPS) is 11.8. The second-order valence-electron chi connectivity index (χ2n) is 12.5. The van der Waals surface area contributed by atoms with Crippen molar-refractivity contribution in [1.29, 1.82) is 0 Å². The van der Waals surface area contributed by atoms with Crippen molar-refractivity contribution in [2.24, 2.45) is 0 Å². The molecule has 0 fully saturated rings. The van der Waals surface area contributed by atoms with Crippen LogP contribution in [0.4, 0.5) is 17.1 Å². The zero-order valence-corrected chi connectivity index (χ0v) is 26.9. The minimum Gasteiger partial charge on any atom is -0.309 e. The first kappa shape index (κ1) is 27.2. The van der Waals surface area contributed by atoms with Crippen molar-refractivity contribution in [3.8, 4) is 11.1 Å². The number of hydrogen-bond acceptors (Lipinski definition) is 2. The standard InChI is InChI=1S/C46H29NS/c1-2-12-30(13-3-1)35-16-8-10-20-41(35)47(34-25-27-44-40(29-34)38-19-9-11-21-43(38)48-44)42-28-33-15-5-7-18-37(33)46-39(42)26-24-32-23-22-31-14-4-6-17-36(31)45(32)46/h1-29H. The average molecular weight is 628 g/mol. The molecule has 0 aliphatic rings. The van der Waals surface area contributed by atoms with Crippen molar-refractivity contribution in [1.82, 2.24) is 0 Å². The number of hydrogen-bond donors (Lipinski definition) is 0. The highest BCUT2D eigenvalue weighted by Gasteiger charge is 2.22. The van der Waals surface area contributed by atoms with E-state index in [1.807, 2.05) is 11.3 Å². The van der Waals surface area contributed by atoms with Crippen molar-refractivity contribution in [3.63, 3.8) is 0 Å².